The van der Waals surface area contributed by atoms with Crippen molar-refractivity contribution in [1.29, 1.82) is 0 Å². The molecular formula is C36H41F3N4O2. The van der Waals surface area contributed by atoms with Crippen LogP contribution in [0.5, 0.6) is 0 Å². The largest absolute Gasteiger partial charge is 0.416 e. The standard InChI is InChI=1S/C36H41F3N4O2/c1-22-31(27-10-8-9-11-29(27)40-22)32-28(34(32,2)3)20-30(44)43(21-23-12-14-24(15-13-23)36(37,38)39)35(4,5)33(45)41-25-16-18-26(19-17-25)42(6)7/h8-19,28,32,40H,20-21H2,1-7H3,(H,41,45). The molecule has 2 atom stereocenters. The van der Waals surface area contributed by atoms with Crippen molar-refractivity contribution in [2.75, 3.05) is 24.3 Å². The maximum Gasteiger partial charge on any atom is 0.416 e. The number of carbonyl (C=O) groups is 2. The summed E-state index contributed by atoms with van der Waals surface area (Å²) in [5.41, 5.74) is 3.16. The first-order valence-corrected chi connectivity index (χ1v) is 15.1. The first kappa shape index (κ1) is 32.1. The molecule has 0 bridgehead atoms. The molecule has 1 heterocycles. The molecule has 1 saturated carbocycles. The molecule has 2 amide bonds. The summed E-state index contributed by atoms with van der Waals surface area (Å²) in [6.45, 7) is 9.72. The molecule has 0 spiro atoms. The molecule has 0 radical (unpaired) electrons. The number of para-hydroxylation sites is 1. The van der Waals surface area contributed by atoms with Gasteiger partial charge in [-0.2, -0.15) is 13.2 Å². The molecule has 1 aliphatic rings. The number of nitrogens with one attached hydrogen (secondary N) is 2. The normalized spacial score (nSPS) is 17.6. The van der Waals surface area contributed by atoms with Crippen LogP contribution in [0.15, 0.2) is 72.8 Å². The van der Waals surface area contributed by atoms with E-state index in [1.54, 1.807) is 26.0 Å². The number of hydrogen-bond donors (Lipinski definition) is 2. The van der Waals surface area contributed by atoms with E-state index in [1.165, 1.54) is 22.6 Å². The van der Waals surface area contributed by atoms with Crippen molar-refractivity contribution in [3.05, 3.63) is 95.2 Å². The van der Waals surface area contributed by atoms with E-state index in [1.807, 2.05) is 49.3 Å². The Bertz CT molecular complexity index is 1700. The van der Waals surface area contributed by atoms with E-state index < -0.39 is 17.3 Å². The highest BCUT2D eigenvalue weighted by molar-refractivity contribution is 6.00. The Morgan fingerprint density at radius 3 is 2.16 bits per heavy atom. The number of rotatable bonds is 9. The van der Waals surface area contributed by atoms with Crippen molar-refractivity contribution >= 4 is 34.1 Å². The summed E-state index contributed by atoms with van der Waals surface area (Å²) in [7, 11) is 3.85. The monoisotopic (exact) mass is 618 g/mol. The first-order chi connectivity index (χ1) is 21.0. The highest BCUT2D eigenvalue weighted by atomic mass is 19.4. The lowest BCUT2D eigenvalue weighted by atomic mass is 9.97. The summed E-state index contributed by atoms with van der Waals surface area (Å²) in [4.78, 5) is 35.0. The van der Waals surface area contributed by atoms with Gasteiger partial charge in [-0.15, -0.1) is 0 Å². The van der Waals surface area contributed by atoms with E-state index >= 15 is 0 Å². The average Bonchev–Trinajstić information content (AvgIpc) is 3.32. The fourth-order valence-electron chi connectivity index (χ4n) is 6.52. The molecule has 1 fully saturated rings. The summed E-state index contributed by atoms with van der Waals surface area (Å²) in [5, 5.41) is 4.08. The van der Waals surface area contributed by atoms with Gasteiger partial charge in [-0.3, -0.25) is 9.59 Å². The Hall–Kier alpha value is -4.27. The lowest BCUT2D eigenvalue weighted by molar-refractivity contribution is -0.145. The van der Waals surface area contributed by atoms with Gasteiger partial charge in [-0.1, -0.05) is 44.2 Å². The zero-order valence-corrected chi connectivity index (χ0v) is 26.8. The van der Waals surface area contributed by atoms with Gasteiger partial charge >= 0.3 is 6.18 Å². The van der Waals surface area contributed by atoms with Crippen LogP contribution in [0.3, 0.4) is 0 Å². The van der Waals surface area contributed by atoms with Gasteiger partial charge in [0.25, 0.3) is 0 Å². The number of fused-ring (bicyclic) bond motifs is 1. The van der Waals surface area contributed by atoms with Crippen LogP contribution in [-0.2, 0) is 22.3 Å². The van der Waals surface area contributed by atoms with Crippen LogP contribution in [-0.4, -0.2) is 41.3 Å². The van der Waals surface area contributed by atoms with Crippen LogP contribution >= 0.6 is 0 Å². The van der Waals surface area contributed by atoms with Gasteiger partial charge in [0.1, 0.15) is 5.54 Å². The number of alkyl halides is 3. The number of carbonyl (C=O) groups excluding carboxylic acids is 2. The molecule has 2 N–H and O–H groups in total. The summed E-state index contributed by atoms with van der Waals surface area (Å²) in [6.07, 6.45) is -4.27. The number of hydrogen-bond acceptors (Lipinski definition) is 3. The number of H-pyrrole nitrogens is 1. The van der Waals surface area contributed by atoms with E-state index in [9.17, 15) is 22.8 Å². The van der Waals surface area contributed by atoms with E-state index in [2.05, 4.69) is 37.1 Å². The molecule has 1 aliphatic carbocycles. The van der Waals surface area contributed by atoms with Crippen molar-refractivity contribution in [2.45, 2.75) is 65.2 Å². The molecule has 2 unspecified atom stereocenters. The molecule has 9 heteroatoms. The number of benzene rings is 3. The third-order valence-corrected chi connectivity index (χ3v) is 9.49. The fourth-order valence-corrected chi connectivity index (χ4v) is 6.52. The maximum atomic E-state index is 14.3. The molecule has 5 rings (SSSR count). The average molecular weight is 619 g/mol. The van der Waals surface area contributed by atoms with E-state index in [0.717, 1.165) is 34.4 Å². The first-order valence-electron chi connectivity index (χ1n) is 15.1. The van der Waals surface area contributed by atoms with Crippen molar-refractivity contribution in [3.8, 4) is 0 Å². The Morgan fingerprint density at radius 2 is 1.56 bits per heavy atom. The molecule has 238 valence electrons. The Kier molecular flexibility index (Phi) is 8.27. The van der Waals surface area contributed by atoms with Crippen LogP contribution in [0.4, 0.5) is 24.5 Å². The predicted octanol–water partition coefficient (Wildman–Crippen LogP) is 8.14. The minimum Gasteiger partial charge on any atom is -0.378 e. The topological polar surface area (TPSA) is 68.4 Å². The predicted molar refractivity (Wildman–Crippen MR) is 173 cm³/mol. The van der Waals surface area contributed by atoms with Gasteiger partial charge in [0.15, 0.2) is 0 Å². The molecule has 4 aromatic rings. The second-order valence-corrected chi connectivity index (χ2v) is 13.4. The highest BCUT2D eigenvalue weighted by Crippen LogP contribution is 2.67. The van der Waals surface area contributed by atoms with Crippen molar-refractivity contribution < 1.29 is 22.8 Å². The molecule has 45 heavy (non-hydrogen) atoms. The number of nitrogens with zero attached hydrogens (tertiary/aromatic N) is 2. The molecular weight excluding hydrogens is 577 g/mol. The number of aromatic amines is 1. The number of aromatic nitrogens is 1. The summed E-state index contributed by atoms with van der Waals surface area (Å²) in [5.74, 6) is -0.455. The quantitative estimate of drug-likeness (QED) is 0.199. The van der Waals surface area contributed by atoms with Gasteiger partial charge in [-0.25, -0.2) is 0 Å². The van der Waals surface area contributed by atoms with Crippen molar-refractivity contribution in [2.24, 2.45) is 11.3 Å². The summed E-state index contributed by atoms with van der Waals surface area (Å²) >= 11 is 0. The second-order valence-electron chi connectivity index (χ2n) is 13.4. The van der Waals surface area contributed by atoms with Gasteiger partial charge in [-0.05, 0) is 91.6 Å². The van der Waals surface area contributed by atoms with Gasteiger partial charge in [0, 0.05) is 55.0 Å². The van der Waals surface area contributed by atoms with E-state index in [-0.39, 0.29) is 42.0 Å². The zero-order chi connectivity index (χ0) is 32.9. The number of amides is 2. The minimum atomic E-state index is -4.47. The SMILES string of the molecule is Cc1[nH]c2ccccc2c1C1C(CC(=O)N(Cc2ccc(C(F)(F)F)cc2)C(C)(C)C(=O)Nc2ccc(N(C)C)cc2)C1(C)C. The van der Waals surface area contributed by atoms with Gasteiger partial charge in [0.05, 0.1) is 5.56 Å². The van der Waals surface area contributed by atoms with E-state index in [4.69, 9.17) is 0 Å². The van der Waals surface area contributed by atoms with Crippen molar-refractivity contribution in [1.82, 2.24) is 9.88 Å². The Balaban J connectivity index is 1.42. The summed E-state index contributed by atoms with van der Waals surface area (Å²) in [6, 6.07) is 20.3. The van der Waals surface area contributed by atoms with Crippen molar-refractivity contribution in [3.63, 3.8) is 0 Å². The van der Waals surface area contributed by atoms with Crippen LogP contribution in [0.1, 0.15) is 62.4 Å². The number of halogens is 3. The van der Waals surface area contributed by atoms with Gasteiger partial charge in [0.2, 0.25) is 11.8 Å². The second kappa shape index (κ2) is 11.6. The number of anilines is 2. The summed E-state index contributed by atoms with van der Waals surface area (Å²) < 4.78 is 39.8. The zero-order valence-electron chi connectivity index (χ0n) is 26.8. The maximum absolute atomic E-state index is 14.3. The Labute approximate surface area is 262 Å². The molecule has 6 nitrogen and oxygen atoms in total. The molecule has 0 aliphatic heterocycles. The van der Waals surface area contributed by atoms with Crippen LogP contribution in [0.25, 0.3) is 10.9 Å². The molecule has 3 aromatic carbocycles. The molecule has 0 saturated heterocycles. The molecule has 1 aromatic heterocycles. The number of aryl methyl sites for hydroxylation is 1. The van der Waals surface area contributed by atoms with Crippen LogP contribution in [0, 0.1) is 18.3 Å². The third-order valence-electron chi connectivity index (χ3n) is 9.49. The van der Waals surface area contributed by atoms with E-state index in [0.29, 0.717) is 11.3 Å². The lowest BCUT2D eigenvalue weighted by Crippen LogP contribution is -2.54. The lowest BCUT2D eigenvalue weighted by Gasteiger charge is -2.38. The van der Waals surface area contributed by atoms with Crippen LogP contribution in [0.2, 0.25) is 0 Å². The highest BCUT2D eigenvalue weighted by Gasteiger charge is 2.60. The third kappa shape index (κ3) is 6.30. The van der Waals surface area contributed by atoms with Crippen LogP contribution < -0.4 is 10.2 Å². The van der Waals surface area contributed by atoms with Gasteiger partial charge < -0.3 is 20.1 Å². The smallest absolute Gasteiger partial charge is 0.378 e. The Morgan fingerprint density at radius 1 is 0.933 bits per heavy atom. The fraction of sp³-hybridized carbons (Fsp3) is 0.389. The minimum absolute atomic E-state index is 0.0130.